The lowest BCUT2D eigenvalue weighted by atomic mass is 10.1. The number of rotatable bonds is 5. The van der Waals surface area contributed by atoms with E-state index in [1.54, 1.807) is 12.1 Å². The first-order chi connectivity index (χ1) is 13.7. The Kier molecular flexibility index (Phi) is 5.84. The van der Waals surface area contributed by atoms with Crippen LogP contribution in [0.15, 0.2) is 36.4 Å². The molecular weight excluding hydrogens is 392 g/mol. The molecule has 9 heteroatoms. The smallest absolute Gasteiger partial charge is 0.280 e. The number of anilines is 3. The lowest BCUT2D eigenvalue weighted by Crippen LogP contribution is -2.21. The molecule has 29 heavy (non-hydrogen) atoms. The van der Waals surface area contributed by atoms with E-state index in [0.29, 0.717) is 16.4 Å². The van der Waals surface area contributed by atoms with Crippen molar-refractivity contribution in [3.63, 3.8) is 0 Å². The minimum atomic E-state index is -0.499. The van der Waals surface area contributed by atoms with E-state index in [4.69, 9.17) is 17.3 Å². The molecule has 3 aromatic rings. The van der Waals surface area contributed by atoms with E-state index in [-0.39, 0.29) is 18.1 Å². The van der Waals surface area contributed by atoms with Crippen LogP contribution in [-0.2, 0) is 11.3 Å². The summed E-state index contributed by atoms with van der Waals surface area (Å²) in [5.74, 6) is -0.897. The number of hydrogen-bond donors (Lipinski definition) is 3. The van der Waals surface area contributed by atoms with Gasteiger partial charge >= 0.3 is 0 Å². The summed E-state index contributed by atoms with van der Waals surface area (Å²) in [6.07, 6.45) is 0. The zero-order valence-corrected chi connectivity index (χ0v) is 17.0. The number of carbonyl (C=O) groups is 2. The van der Waals surface area contributed by atoms with Gasteiger partial charge in [0.25, 0.3) is 5.91 Å². The highest BCUT2D eigenvalue weighted by atomic mass is 35.5. The molecule has 0 bridgehead atoms. The lowest BCUT2D eigenvalue weighted by Gasteiger charge is -2.09. The van der Waals surface area contributed by atoms with Crippen LogP contribution < -0.4 is 16.4 Å². The Bertz CT molecular complexity index is 1070. The Hall–Kier alpha value is -3.39. The van der Waals surface area contributed by atoms with E-state index in [0.717, 1.165) is 21.4 Å². The first-order valence-corrected chi connectivity index (χ1v) is 9.25. The summed E-state index contributed by atoms with van der Waals surface area (Å²) in [7, 11) is 0. The fourth-order valence-electron chi connectivity index (χ4n) is 2.88. The van der Waals surface area contributed by atoms with Gasteiger partial charge in [0.1, 0.15) is 6.54 Å². The summed E-state index contributed by atoms with van der Waals surface area (Å²) < 4.78 is 1.16. The molecule has 0 spiro atoms. The highest BCUT2D eigenvalue weighted by Gasteiger charge is 2.19. The first-order valence-electron chi connectivity index (χ1n) is 8.87. The zero-order chi connectivity index (χ0) is 21.1. The highest BCUT2D eigenvalue weighted by Crippen LogP contribution is 2.23. The topological polar surface area (TPSA) is 115 Å². The van der Waals surface area contributed by atoms with Crippen LogP contribution in [0.5, 0.6) is 0 Å². The fourth-order valence-corrected chi connectivity index (χ4v) is 3.17. The number of nitrogens with one attached hydrogen (secondary N) is 2. The Morgan fingerprint density at radius 3 is 2.38 bits per heavy atom. The SMILES string of the molecule is Cc1cc(C)cc(NC(=O)c2nnn(CC(=O)Nc3ccc(C)cc3Cl)c2N)c1. The van der Waals surface area contributed by atoms with Crippen molar-refractivity contribution in [3.8, 4) is 0 Å². The molecule has 0 atom stereocenters. The average molecular weight is 413 g/mol. The molecule has 8 nitrogen and oxygen atoms in total. The Balaban J connectivity index is 1.69. The lowest BCUT2D eigenvalue weighted by molar-refractivity contribution is -0.116. The standard InChI is InChI=1S/C20H21ClN6O2/c1-11-4-5-16(15(21)9-11)24-17(28)10-27-19(22)18(25-26-27)20(29)23-14-7-12(2)6-13(3)8-14/h4-9H,10,22H2,1-3H3,(H,23,29)(H,24,28). The van der Waals surface area contributed by atoms with Gasteiger partial charge in [-0.1, -0.05) is 28.9 Å². The number of nitrogen functional groups attached to an aromatic ring is 1. The van der Waals surface area contributed by atoms with Gasteiger partial charge in [0, 0.05) is 5.69 Å². The van der Waals surface area contributed by atoms with Crippen LogP contribution in [-0.4, -0.2) is 26.8 Å². The van der Waals surface area contributed by atoms with Crippen LogP contribution >= 0.6 is 11.6 Å². The maximum atomic E-state index is 12.5. The van der Waals surface area contributed by atoms with Crippen molar-refractivity contribution in [1.82, 2.24) is 15.0 Å². The van der Waals surface area contributed by atoms with E-state index < -0.39 is 11.8 Å². The van der Waals surface area contributed by atoms with Gasteiger partial charge in [0.15, 0.2) is 11.5 Å². The molecule has 150 valence electrons. The molecule has 3 rings (SSSR count). The maximum absolute atomic E-state index is 12.5. The van der Waals surface area contributed by atoms with E-state index in [1.165, 1.54) is 0 Å². The molecule has 1 heterocycles. The molecule has 2 amide bonds. The number of aromatic nitrogens is 3. The number of hydrogen-bond acceptors (Lipinski definition) is 5. The molecule has 0 saturated heterocycles. The highest BCUT2D eigenvalue weighted by molar-refractivity contribution is 6.33. The molecule has 0 radical (unpaired) electrons. The Labute approximate surface area is 173 Å². The first kappa shape index (κ1) is 20.3. The second-order valence-electron chi connectivity index (χ2n) is 6.84. The van der Waals surface area contributed by atoms with Gasteiger partial charge in [0.05, 0.1) is 10.7 Å². The van der Waals surface area contributed by atoms with Gasteiger partial charge in [-0.05, 0) is 61.7 Å². The van der Waals surface area contributed by atoms with Crippen molar-refractivity contribution in [2.45, 2.75) is 27.3 Å². The van der Waals surface area contributed by atoms with Crippen LogP contribution in [0.4, 0.5) is 17.2 Å². The monoisotopic (exact) mass is 412 g/mol. The summed E-state index contributed by atoms with van der Waals surface area (Å²) in [6.45, 7) is 5.57. The van der Waals surface area contributed by atoms with Crippen molar-refractivity contribution in [1.29, 1.82) is 0 Å². The third kappa shape index (κ3) is 4.91. The van der Waals surface area contributed by atoms with Gasteiger partial charge in [-0.3, -0.25) is 9.59 Å². The molecule has 1 aromatic heterocycles. The predicted molar refractivity (Wildman–Crippen MR) is 113 cm³/mol. The van der Waals surface area contributed by atoms with Crippen molar-refractivity contribution >= 4 is 40.6 Å². The molecule has 0 aliphatic rings. The van der Waals surface area contributed by atoms with Gasteiger partial charge in [0.2, 0.25) is 5.91 Å². The summed E-state index contributed by atoms with van der Waals surface area (Å²) in [5.41, 5.74) is 10.1. The summed E-state index contributed by atoms with van der Waals surface area (Å²) in [4.78, 5) is 24.8. The summed E-state index contributed by atoms with van der Waals surface area (Å²) in [6, 6.07) is 11.0. The number of carbonyl (C=O) groups excluding carboxylic acids is 2. The minimum absolute atomic E-state index is 0.00275. The quantitative estimate of drug-likeness (QED) is 0.594. The van der Waals surface area contributed by atoms with Crippen LogP contribution in [0, 0.1) is 20.8 Å². The zero-order valence-electron chi connectivity index (χ0n) is 16.3. The number of halogens is 1. The Morgan fingerprint density at radius 2 is 1.72 bits per heavy atom. The molecule has 0 fully saturated rings. The number of amides is 2. The van der Waals surface area contributed by atoms with Crippen LogP contribution in [0.25, 0.3) is 0 Å². The second-order valence-corrected chi connectivity index (χ2v) is 7.25. The third-order valence-electron chi connectivity index (χ3n) is 4.16. The van der Waals surface area contributed by atoms with Crippen molar-refractivity contribution in [2.75, 3.05) is 16.4 Å². The van der Waals surface area contributed by atoms with Crippen LogP contribution in [0.2, 0.25) is 5.02 Å². The van der Waals surface area contributed by atoms with E-state index in [2.05, 4.69) is 20.9 Å². The van der Waals surface area contributed by atoms with E-state index in [1.807, 2.05) is 45.0 Å². The van der Waals surface area contributed by atoms with Gasteiger partial charge in [-0.2, -0.15) is 0 Å². The molecule has 0 aliphatic carbocycles. The summed E-state index contributed by atoms with van der Waals surface area (Å²) >= 11 is 6.13. The second kappa shape index (κ2) is 8.32. The number of aryl methyl sites for hydroxylation is 3. The molecule has 2 aromatic carbocycles. The largest absolute Gasteiger partial charge is 0.382 e. The fraction of sp³-hybridized carbons (Fsp3) is 0.200. The number of nitrogens with two attached hydrogens (primary N) is 1. The normalized spacial score (nSPS) is 10.6. The number of benzene rings is 2. The minimum Gasteiger partial charge on any atom is -0.382 e. The van der Waals surface area contributed by atoms with E-state index >= 15 is 0 Å². The third-order valence-corrected chi connectivity index (χ3v) is 4.47. The van der Waals surface area contributed by atoms with Gasteiger partial charge in [-0.15, -0.1) is 5.10 Å². The molecule has 0 unspecified atom stereocenters. The van der Waals surface area contributed by atoms with E-state index in [9.17, 15) is 9.59 Å². The number of nitrogens with zero attached hydrogens (tertiary/aromatic N) is 3. The molecule has 4 N–H and O–H groups in total. The van der Waals surface area contributed by atoms with Crippen molar-refractivity contribution in [2.24, 2.45) is 0 Å². The molecule has 0 aliphatic heterocycles. The van der Waals surface area contributed by atoms with Crippen LogP contribution in [0.3, 0.4) is 0 Å². The van der Waals surface area contributed by atoms with Crippen LogP contribution in [0.1, 0.15) is 27.2 Å². The van der Waals surface area contributed by atoms with Crippen molar-refractivity contribution < 1.29 is 9.59 Å². The predicted octanol–water partition coefficient (Wildman–Crippen LogP) is 3.33. The van der Waals surface area contributed by atoms with Crippen molar-refractivity contribution in [3.05, 3.63) is 63.8 Å². The maximum Gasteiger partial charge on any atom is 0.280 e. The molecule has 0 saturated carbocycles. The average Bonchev–Trinajstić information content (AvgIpc) is 2.97. The summed E-state index contributed by atoms with van der Waals surface area (Å²) in [5, 5.41) is 13.5. The molecular formula is C20H21ClN6O2. The van der Waals surface area contributed by atoms with Gasteiger partial charge in [-0.25, -0.2) is 4.68 Å². The Morgan fingerprint density at radius 1 is 1.03 bits per heavy atom. The van der Waals surface area contributed by atoms with Gasteiger partial charge < -0.3 is 16.4 Å².